The Hall–Kier alpha value is -2.28. The molecule has 3 rings (SSSR count). The van der Waals surface area contributed by atoms with Gasteiger partial charge in [-0.2, -0.15) is 0 Å². The molecule has 2 saturated heterocycles. The highest BCUT2D eigenvalue weighted by Gasteiger charge is 2.46. The maximum absolute atomic E-state index is 13.4. The molecule has 0 aromatic heterocycles. The largest absolute Gasteiger partial charge is 0.449 e. The highest BCUT2D eigenvalue weighted by Crippen LogP contribution is 2.36. The highest BCUT2D eigenvalue weighted by atomic mass is 16.5. The number of nitrogens with zero attached hydrogens (tertiary/aromatic N) is 3. The molecule has 34 heavy (non-hydrogen) atoms. The molecule has 0 unspecified atom stereocenters. The lowest BCUT2D eigenvalue weighted by Crippen LogP contribution is -2.65. The number of rotatable bonds is 9. The zero-order valence-electron chi connectivity index (χ0n) is 21.6. The monoisotopic (exact) mass is 472 g/mol. The summed E-state index contributed by atoms with van der Waals surface area (Å²) in [7, 11) is 0. The number of carbonyl (C=O) groups excluding carboxylic acids is 2. The minimum absolute atomic E-state index is 0.00403. The Kier molecular flexibility index (Phi) is 9.23. The van der Waals surface area contributed by atoms with E-state index in [1.165, 1.54) is 5.56 Å². The molecule has 0 saturated carbocycles. The van der Waals surface area contributed by atoms with Crippen molar-refractivity contribution in [1.82, 2.24) is 20.0 Å². The van der Waals surface area contributed by atoms with Crippen LogP contribution in [-0.4, -0.2) is 83.8 Å². The van der Waals surface area contributed by atoms with Crippen LogP contribution in [0.4, 0.5) is 9.59 Å². The van der Waals surface area contributed by atoms with E-state index in [1.807, 2.05) is 25.7 Å². The number of ether oxygens (including phenoxy) is 1. The average Bonchev–Trinajstić information content (AvgIpc) is 2.80. The van der Waals surface area contributed by atoms with Crippen molar-refractivity contribution in [2.75, 3.05) is 45.9 Å². The summed E-state index contributed by atoms with van der Waals surface area (Å²) in [4.78, 5) is 31.9. The van der Waals surface area contributed by atoms with E-state index in [1.54, 1.807) is 0 Å². The molecular weight excluding hydrogens is 428 g/mol. The summed E-state index contributed by atoms with van der Waals surface area (Å²) in [6.07, 6.45) is 5.43. The lowest BCUT2D eigenvalue weighted by Gasteiger charge is -2.54. The number of hydrogen-bond acceptors (Lipinski definition) is 4. The molecule has 3 amide bonds. The molecule has 7 nitrogen and oxygen atoms in total. The minimum Gasteiger partial charge on any atom is -0.449 e. The second-order valence-electron chi connectivity index (χ2n) is 10.8. The molecule has 2 fully saturated rings. The number of amides is 3. The van der Waals surface area contributed by atoms with Gasteiger partial charge in [0, 0.05) is 50.3 Å². The van der Waals surface area contributed by atoms with Gasteiger partial charge in [0.25, 0.3) is 0 Å². The Balaban J connectivity index is 1.47. The summed E-state index contributed by atoms with van der Waals surface area (Å²) in [5.41, 5.74) is 1.07. The fraction of sp³-hybridized carbons (Fsp3) is 0.704. The normalized spacial score (nSPS) is 18.9. The van der Waals surface area contributed by atoms with Crippen molar-refractivity contribution < 1.29 is 14.3 Å². The minimum atomic E-state index is -0.400. The number of piperidine rings is 1. The molecule has 2 aliphatic heterocycles. The first-order valence-electron chi connectivity index (χ1n) is 13.0. The molecule has 0 radical (unpaired) electrons. The first kappa shape index (κ1) is 26.3. The zero-order valence-corrected chi connectivity index (χ0v) is 21.6. The molecule has 0 bridgehead atoms. The van der Waals surface area contributed by atoms with Crippen LogP contribution in [0.5, 0.6) is 0 Å². The van der Waals surface area contributed by atoms with Crippen molar-refractivity contribution in [3.8, 4) is 0 Å². The summed E-state index contributed by atoms with van der Waals surface area (Å²) in [6.45, 7) is 13.6. The standard InChI is InChI=1S/C27H44N4O3/c1-5-16-31-25(33)30(17-9-22-34-24(32)28-26(2,3)4)21-15-27(31)13-19-29(20-14-27)18-12-23-10-7-6-8-11-23/h6-8,10-11H,5,9,12-22H2,1-4H3,(H,28,32). The van der Waals surface area contributed by atoms with Crippen LogP contribution in [0.2, 0.25) is 0 Å². The van der Waals surface area contributed by atoms with Gasteiger partial charge in [0.2, 0.25) is 0 Å². The van der Waals surface area contributed by atoms with Gasteiger partial charge in [0.1, 0.15) is 0 Å². The van der Waals surface area contributed by atoms with Gasteiger partial charge < -0.3 is 24.8 Å². The average molecular weight is 473 g/mol. The van der Waals surface area contributed by atoms with Crippen LogP contribution in [0.25, 0.3) is 0 Å². The summed E-state index contributed by atoms with van der Waals surface area (Å²) >= 11 is 0. The Morgan fingerprint density at radius 3 is 2.35 bits per heavy atom. The number of nitrogens with one attached hydrogen (secondary N) is 1. The Morgan fingerprint density at radius 2 is 1.71 bits per heavy atom. The van der Waals surface area contributed by atoms with E-state index < -0.39 is 6.09 Å². The van der Waals surface area contributed by atoms with Gasteiger partial charge in [-0.1, -0.05) is 37.3 Å². The van der Waals surface area contributed by atoms with Gasteiger partial charge >= 0.3 is 12.1 Å². The predicted octanol–water partition coefficient (Wildman–Crippen LogP) is 4.52. The second kappa shape index (κ2) is 11.9. The van der Waals surface area contributed by atoms with Crippen LogP contribution in [0.15, 0.2) is 30.3 Å². The highest BCUT2D eigenvalue weighted by molar-refractivity contribution is 5.76. The van der Waals surface area contributed by atoms with Crippen molar-refractivity contribution in [1.29, 1.82) is 0 Å². The van der Waals surface area contributed by atoms with Crippen molar-refractivity contribution >= 4 is 12.1 Å². The molecule has 1 aromatic rings. The van der Waals surface area contributed by atoms with E-state index in [9.17, 15) is 9.59 Å². The Morgan fingerprint density at radius 1 is 1.03 bits per heavy atom. The van der Waals surface area contributed by atoms with E-state index in [0.29, 0.717) is 19.6 Å². The van der Waals surface area contributed by atoms with Gasteiger partial charge in [0.05, 0.1) is 6.61 Å². The van der Waals surface area contributed by atoms with Crippen molar-refractivity contribution in [3.63, 3.8) is 0 Å². The van der Waals surface area contributed by atoms with Crippen LogP contribution in [-0.2, 0) is 11.2 Å². The van der Waals surface area contributed by atoms with E-state index in [0.717, 1.165) is 64.8 Å². The number of hydrogen-bond donors (Lipinski definition) is 1. The van der Waals surface area contributed by atoms with E-state index in [2.05, 4.69) is 52.4 Å². The third-order valence-corrected chi connectivity index (χ3v) is 7.00. The van der Waals surface area contributed by atoms with Gasteiger partial charge in [-0.25, -0.2) is 9.59 Å². The van der Waals surface area contributed by atoms with Gasteiger partial charge in [-0.05, 0) is 64.9 Å². The second-order valence-corrected chi connectivity index (χ2v) is 10.8. The molecule has 0 aliphatic carbocycles. The molecule has 0 atom stereocenters. The third kappa shape index (κ3) is 7.36. The van der Waals surface area contributed by atoms with Crippen molar-refractivity contribution in [3.05, 3.63) is 35.9 Å². The number of likely N-dealkylation sites (tertiary alicyclic amines) is 1. The van der Waals surface area contributed by atoms with Gasteiger partial charge in [0.15, 0.2) is 0 Å². The molecule has 7 heteroatoms. The maximum atomic E-state index is 13.4. The summed E-state index contributed by atoms with van der Waals surface area (Å²) in [5.74, 6) is 0. The van der Waals surface area contributed by atoms with E-state index in [4.69, 9.17) is 4.74 Å². The number of alkyl carbamates (subject to hydrolysis) is 1. The molecule has 1 aromatic carbocycles. The molecule has 2 aliphatic rings. The Labute approximate surface area is 205 Å². The summed E-state index contributed by atoms with van der Waals surface area (Å²) in [6, 6.07) is 10.8. The summed E-state index contributed by atoms with van der Waals surface area (Å²) in [5, 5.41) is 2.80. The fourth-order valence-electron chi connectivity index (χ4n) is 5.12. The molecule has 190 valence electrons. The molecule has 2 heterocycles. The third-order valence-electron chi connectivity index (χ3n) is 7.00. The first-order chi connectivity index (χ1) is 16.2. The Bertz CT molecular complexity index is 785. The molecular formula is C27H44N4O3. The summed E-state index contributed by atoms with van der Waals surface area (Å²) < 4.78 is 5.29. The van der Waals surface area contributed by atoms with Crippen LogP contribution >= 0.6 is 0 Å². The number of carbonyl (C=O) groups is 2. The quantitative estimate of drug-likeness (QED) is 0.537. The molecule has 1 spiro atoms. The first-order valence-corrected chi connectivity index (χ1v) is 13.0. The zero-order chi connectivity index (χ0) is 24.6. The van der Waals surface area contributed by atoms with Crippen molar-refractivity contribution in [2.24, 2.45) is 0 Å². The lowest BCUT2D eigenvalue weighted by molar-refractivity contribution is -0.00324. The van der Waals surface area contributed by atoms with Crippen LogP contribution in [0.3, 0.4) is 0 Å². The number of benzene rings is 1. The van der Waals surface area contributed by atoms with Crippen LogP contribution in [0.1, 0.15) is 65.4 Å². The van der Waals surface area contributed by atoms with Gasteiger partial charge in [-0.15, -0.1) is 0 Å². The van der Waals surface area contributed by atoms with Gasteiger partial charge in [-0.3, -0.25) is 0 Å². The van der Waals surface area contributed by atoms with Crippen molar-refractivity contribution in [2.45, 2.75) is 77.3 Å². The van der Waals surface area contributed by atoms with Crippen LogP contribution in [0, 0.1) is 0 Å². The SMILES string of the molecule is CCCN1C(=O)N(CCCOC(=O)NC(C)(C)C)CCC12CCN(CCc1ccccc1)CC2. The lowest BCUT2D eigenvalue weighted by atomic mass is 9.80. The molecule has 1 N–H and O–H groups in total. The fourth-order valence-corrected chi connectivity index (χ4v) is 5.12. The van der Waals surface area contributed by atoms with E-state index >= 15 is 0 Å². The predicted molar refractivity (Wildman–Crippen MR) is 136 cm³/mol. The van der Waals surface area contributed by atoms with Crippen LogP contribution < -0.4 is 5.32 Å². The number of urea groups is 1. The maximum Gasteiger partial charge on any atom is 0.407 e. The topological polar surface area (TPSA) is 65.1 Å². The smallest absolute Gasteiger partial charge is 0.407 e. The van der Waals surface area contributed by atoms with E-state index in [-0.39, 0.29) is 17.1 Å².